The fourth-order valence-corrected chi connectivity index (χ4v) is 5.28. The third-order valence-electron chi connectivity index (χ3n) is 6.20. The number of aliphatic hydroxyl groups excluding tert-OH is 1. The van der Waals surface area contributed by atoms with E-state index in [1.165, 1.54) is 4.90 Å². The molecule has 0 saturated carbocycles. The van der Waals surface area contributed by atoms with Crippen LogP contribution in [0, 0.1) is 20.8 Å². The molecule has 9 heteroatoms. The number of aromatic nitrogens is 1. The van der Waals surface area contributed by atoms with Crippen LogP contribution in [0.1, 0.15) is 63.9 Å². The molecule has 8 nitrogen and oxygen atoms in total. The molecule has 2 heterocycles. The number of aryl methyl sites for hydroxylation is 3. The molecule has 0 radical (unpaired) electrons. The second kappa shape index (κ2) is 11.2. The first-order chi connectivity index (χ1) is 18.2. The number of nitrogens with zero attached hydrogens (tertiary/aromatic N) is 2. The highest BCUT2D eigenvalue weighted by molar-refractivity contribution is 7.17. The highest BCUT2D eigenvalue weighted by Gasteiger charge is 2.48. The maximum atomic E-state index is 13.4. The van der Waals surface area contributed by atoms with Gasteiger partial charge in [0.15, 0.2) is 5.13 Å². The Morgan fingerprint density at radius 2 is 1.79 bits per heavy atom. The van der Waals surface area contributed by atoms with Gasteiger partial charge in [0.05, 0.1) is 30.5 Å². The molecule has 0 spiro atoms. The van der Waals surface area contributed by atoms with Gasteiger partial charge in [-0.1, -0.05) is 48.1 Å². The van der Waals surface area contributed by atoms with Gasteiger partial charge in [-0.25, -0.2) is 9.78 Å². The Hall–Kier alpha value is -3.98. The van der Waals surface area contributed by atoms with Gasteiger partial charge in [-0.15, -0.1) is 0 Å². The molecule has 38 heavy (non-hydrogen) atoms. The Morgan fingerprint density at radius 3 is 2.42 bits per heavy atom. The van der Waals surface area contributed by atoms with E-state index in [1.807, 2.05) is 45.0 Å². The van der Waals surface area contributed by atoms with Gasteiger partial charge in [-0.05, 0) is 63.4 Å². The van der Waals surface area contributed by atoms with Crippen molar-refractivity contribution in [1.82, 2.24) is 4.98 Å². The normalized spacial score (nSPS) is 16.7. The molecule has 1 amide bonds. The lowest BCUT2D eigenvalue weighted by Gasteiger charge is -2.23. The summed E-state index contributed by atoms with van der Waals surface area (Å²) in [5.41, 5.74) is 3.15. The summed E-state index contributed by atoms with van der Waals surface area (Å²) in [6.45, 7) is 9.91. The summed E-state index contributed by atoms with van der Waals surface area (Å²) in [7, 11) is 0. The van der Waals surface area contributed by atoms with Crippen LogP contribution in [0.3, 0.4) is 0 Å². The average Bonchev–Trinajstić information content (AvgIpc) is 3.40. The molecule has 1 fully saturated rings. The van der Waals surface area contributed by atoms with Crippen LogP contribution < -0.4 is 9.64 Å². The van der Waals surface area contributed by atoms with Crippen molar-refractivity contribution in [2.45, 2.75) is 47.1 Å². The molecule has 3 aromatic rings. The van der Waals surface area contributed by atoms with E-state index in [2.05, 4.69) is 4.98 Å². The molecular formula is C29H30N2O6S. The number of anilines is 1. The molecule has 198 valence electrons. The van der Waals surface area contributed by atoms with Crippen LogP contribution in [0.15, 0.2) is 48.0 Å². The summed E-state index contributed by atoms with van der Waals surface area (Å²) in [5.74, 6) is -1.81. The lowest BCUT2D eigenvalue weighted by atomic mass is 9.94. The summed E-state index contributed by atoms with van der Waals surface area (Å²) in [6, 6.07) is 11.6. The van der Waals surface area contributed by atoms with Gasteiger partial charge in [0.25, 0.3) is 5.78 Å². The Morgan fingerprint density at radius 1 is 1.08 bits per heavy atom. The largest absolute Gasteiger partial charge is 0.507 e. The zero-order chi connectivity index (χ0) is 27.6. The molecule has 1 N–H and O–H groups in total. The number of rotatable bonds is 8. The van der Waals surface area contributed by atoms with E-state index in [0.29, 0.717) is 29.2 Å². The number of ketones is 1. The quantitative estimate of drug-likeness (QED) is 0.172. The molecule has 0 unspecified atom stereocenters. The van der Waals surface area contributed by atoms with Gasteiger partial charge < -0.3 is 14.6 Å². The Balaban J connectivity index is 1.86. The maximum Gasteiger partial charge on any atom is 0.350 e. The fourth-order valence-electron chi connectivity index (χ4n) is 4.29. The Bertz CT molecular complexity index is 1420. The maximum absolute atomic E-state index is 13.4. The zero-order valence-electron chi connectivity index (χ0n) is 22.0. The standard InChI is InChI=1S/C29H30N2O6S/c1-6-14-37-21-13-12-20(15-17(21)4)24(32)22-23(19-10-8-16(3)9-11-19)31(27(34)25(22)33)29-30-18(5)26(38-29)28(35)36-7-2/h8-13,15,23,32H,6-7,14H2,1-5H3/t23-/m0/s1. The van der Waals surface area contributed by atoms with Crippen molar-refractivity contribution in [1.29, 1.82) is 0 Å². The first-order valence-corrected chi connectivity index (χ1v) is 13.2. The van der Waals surface area contributed by atoms with E-state index < -0.39 is 23.7 Å². The molecule has 1 saturated heterocycles. The van der Waals surface area contributed by atoms with Crippen LogP contribution in [0.25, 0.3) is 5.76 Å². The van der Waals surface area contributed by atoms with E-state index in [4.69, 9.17) is 9.47 Å². The van der Waals surface area contributed by atoms with Crippen LogP contribution in [0.4, 0.5) is 5.13 Å². The first-order valence-electron chi connectivity index (χ1n) is 12.4. The number of thiazole rings is 1. The molecule has 1 aromatic heterocycles. The van der Waals surface area contributed by atoms with Crippen LogP contribution in [-0.4, -0.2) is 41.0 Å². The van der Waals surface area contributed by atoms with Gasteiger partial charge in [0.1, 0.15) is 16.4 Å². The summed E-state index contributed by atoms with van der Waals surface area (Å²) in [4.78, 5) is 45.2. The number of hydrogen-bond acceptors (Lipinski definition) is 8. The van der Waals surface area contributed by atoms with Crippen molar-refractivity contribution in [2.24, 2.45) is 0 Å². The van der Waals surface area contributed by atoms with E-state index in [9.17, 15) is 19.5 Å². The summed E-state index contributed by atoms with van der Waals surface area (Å²) < 4.78 is 10.9. The molecule has 0 aliphatic carbocycles. The van der Waals surface area contributed by atoms with Gasteiger partial charge in [-0.2, -0.15) is 0 Å². The van der Waals surface area contributed by atoms with Crippen LogP contribution in [0.5, 0.6) is 5.75 Å². The van der Waals surface area contributed by atoms with Gasteiger partial charge >= 0.3 is 11.9 Å². The number of aliphatic hydroxyl groups is 1. The summed E-state index contributed by atoms with van der Waals surface area (Å²) >= 11 is 0.980. The predicted octanol–water partition coefficient (Wildman–Crippen LogP) is 5.66. The van der Waals surface area contributed by atoms with Crippen molar-refractivity contribution in [3.63, 3.8) is 0 Å². The highest BCUT2D eigenvalue weighted by Crippen LogP contribution is 2.44. The molecular weight excluding hydrogens is 504 g/mol. The van der Waals surface area contributed by atoms with Crippen molar-refractivity contribution >= 4 is 39.9 Å². The van der Waals surface area contributed by atoms with Gasteiger partial charge in [0, 0.05) is 5.56 Å². The number of benzene rings is 2. The summed E-state index contributed by atoms with van der Waals surface area (Å²) in [6.07, 6.45) is 0.856. The minimum atomic E-state index is -0.937. The SMILES string of the molecule is CCCOc1ccc(C(O)=C2C(=O)C(=O)N(c3nc(C)c(C(=O)OCC)s3)[C@H]2c2ccc(C)cc2)cc1C. The first kappa shape index (κ1) is 27.1. The molecule has 1 aliphatic rings. The van der Waals surface area contributed by atoms with Crippen LogP contribution >= 0.6 is 11.3 Å². The van der Waals surface area contributed by atoms with E-state index >= 15 is 0 Å². The van der Waals surface area contributed by atoms with Gasteiger partial charge in [0.2, 0.25) is 0 Å². The Kier molecular flexibility index (Phi) is 7.97. The van der Waals surface area contributed by atoms with E-state index in [-0.39, 0.29) is 27.9 Å². The van der Waals surface area contributed by atoms with Crippen molar-refractivity contribution in [2.75, 3.05) is 18.1 Å². The highest BCUT2D eigenvalue weighted by atomic mass is 32.1. The average molecular weight is 535 g/mol. The zero-order valence-corrected chi connectivity index (χ0v) is 22.8. The lowest BCUT2D eigenvalue weighted by Crippen LogP contribution is -2.29. The second-order valence-electron chi connectivity index (χ2n) is 9.04. The number of esters is 1. The molecule has 1 atom stereocenters. The number of carbonyl (C=O) groups is 3. The third kappa shape index (κ3) is 5.06. The molecule has 0 bridgehead atoms. The number of Topliss-reactive ketones (excluding diaryl/α,β-unsaturated/α-hetero) is 1. The molecule has 4 rings (SSSR count). The van der Waals surface area contributed by atoms with Crippen LogP contribution in [0.2, 0.25) is 0 Å². The monoisotopic (exact) mass is 534 g/mol. The number of amides is 1. The molecule has 1 aliphatic heterocycles. The smallest absolute Gasteiger partial charge is 0.350 e. The topological polar surface area (TPSA) is 106 Å². The lowest BCUT2D eigenvalue weighted by molar-refractivity contribution is -0.132. The van der Waals surface area contributed by atoms with Crippen molar-refractivity contribution < 1.29 is 29.0 Å². The van der Waals surface area contributed by atoms with E-state index in [1.54, 1.807) is 32.0 Å². The molecule has 2 aromatic carbocycles. The number of hydrogen-bond donors (Lipinski definition) is 1. The minimum absolute atomic E-state index is 0.0500. The van der Waals surface area contributed by atoms with Crippen LogP contribution in [-0.2, 0) is 14.3 Å². The minimum Gasteiger partial charge on any atom is -0.507 e. The second-order valence-corrected chi connectivity index (χ2v) is 10.0. The summed E-state index contributed by atoms with van der Waals surface area (Å²) in [5, 5.41) is 11.6. The third-order valence-corrected chi connectivity index (χ3v) is 7.34. The number of carbonyl (C=O) groups excluding carboxylic acids is 3. The van der Waals surface area contributed by atoms with Crippen molar-refractivity contribution in [3.8, 4) is 5.75 Å². The number of ether oxygens (including phenoxy) is 2. The Labute approximate surface area is 225 Å². The van der Waals surface area contributed by atoms with Gasteiger partial charge in [-0.3, -0.25) is 14.5 Å². The van der Waals surface area contributed by atoms with Crippen molar-refractivity contribution in [3.05, 3.63) is 80.9 Å². The van der Waals surface area contributed by atoms with E-state index in [0.717, 1.165) is 28.9 Å². The predicted molar refractivity (Wildman–Crippen MR) is 146 cm³/mol. The fraction of sp³-hybridized carbons (Fsp3) is 0.310.